The minimum absolute atomic E-state index is 0.0260. The second-order valence-corrected chi connectivity index (χ2v) is 10.1. The summed E-state index contributed by atoms with van der Waals surface area (Å²) < 4.78 is 29.3. The van der Waals surface area contributed by atoms with Gasteiger partial charge in [-0.05, 0) is 56.2 Å². The van der Waals surface area contributed by atoms with Crippen LogP contribution in [0.15, 0.2) is 52.9 Å². The molecule has 168 valence electrons. The molecule has 2 aromatic rings. The smallest absolute Gasteiger partial charge is 0.244 e. The Labute approximate surface area is 185 Å². The number of hydrogen-bond acceptors (Lipinski definition) is 4. The van der Waals surface area contributed by atoms with E-state index >= 15 is 0 Å². The molecule has 1 unspecified atom stereocenters. The summed E-state index contributed by atoms with van der Waals surface area (Å²) in [6.07, 6.45) is 7.94. The lowest BCUT2D eigenvalue weighted by Crippen LogP contribution is -2.25. The van der Waals surface area contributed by atoms with Gasteiger partial charge < -0.3 is 10.2 Å². The van der Waals surface area contributed by atoms with E-state index in [2.05, 4.69) is 11.6 Å². The van der Waals surface area contributed by atoms with E-state index in [1.54, 1.807) is 6.07 Å². The zero-order valence-electron chi connectivity index (χ0n) is 18.4. The molecule has 0 radical (unpaired) electrons. The zero-order valence-corrected chi connectivity index (χ0v) is 19.2. The number of allylic oxidation sites excluding steroid dienone is 2. The van der Waals surface area contributed by atoms with Gasteiger partial charge in [-0.15, -0.1) is 0 Å². The second kappa shape index (κ2) is 10.3. The van der Waals surface area contributed by atoms with Crippen molar-refractivity contribution in [3.63, 3.8) is 0 Å². The molecule has 0 heterocycles. The SMILES string of the molecule is CCCCCc1cc(O)c(C2C=C(C)CCC2)c(O)c1S(=O)(=O)NCc1ccccc1. The zero-order chi connectivity index (χ0) is 22.4. The third-order valence-corrected chi connectivity index (χ3v) is 7.44. The van der Waals surface area contributed by atoms with Gasteiger partial charge in [0.2, 0.25) is 10.0 Å². The molecule has 0 amide bonds. The van der Waals surface area contributed by atoms with Gasteiger partial charge in [-0.3, -0.25) is 0 Å². The standard InChI is InChI=1S/C25H33NO4S/c1-3-4-6-13-21-16-22(27)23(20-14-9-10-18(2)15-20)24(28)25(21)31(29,30)26-17-19-11-7-5-8-12-19/h5,7-8,11-12,15-16,20,26-28H,3-4,6,9-10,13-14,17H2,1-2H3. The first-order valence-corrected chi connectivity index (χ1v) is 12.6. The number of sulfonamides is 1. The lowest BCUT2D eigenvalue weighted by Gasteiger charge is -2.24. The fraction of sp³-hybridized carbons (Fsp3) is 0.440. The molecule has 2 aromatic carbocycles. The van der Waals surface area contributed by atoms with Gasteiger partial charge in [0, 0.05) is 18.0 Å². The third kappa shape index (κ3) is 5.69. The number of aryl methyl sites for hydroxylation is 1. The maximum atomic E-state index is 13.3. The molecular formula is C25H33NO4S. The van der Waals surface area contributed by atoms with E-state index in [4.69, 9.17) is 0 Å². The van der Waals surface area contributed by atoms with Crippen LogP contribution in [0.25, 0.3) is 0 Å². The Hall–Kier alpha value is -2.31. The molecule has 1 aliphatic carbocycles. The Morgan fingerprint density at radius 2 is 1.87 bits per heavy atom. The highest BCUT2D eigenvalue weighted by molar-refractivity contribution is 7.89. The summed E-state index contributed by atoms with van der Waals surface area (Å²) in [6, 6.07) is 10.8. The van der Waals surface area contributed by atoms with Gasteiger partial charge in [0.05, 0.1) is 0 Å². The number of aromatic hydroxyl groups is 2. The molecule has 0 fully saturated rings. The number of nitrogens with one attached hydrogen (secondary N) is 1. The number of unbranched alkanes of at least 4 members (excludes halogenated alkanes) is 2. The lowest BCUT2D eigenvalue weighted by molar-refractivity contribution is 0.415. The van der Waals surface area contributed by atoms with E-state index in [1.807, 2.05) is 43.3 Å². The topological polar surface area (TPSA) is 86.6 Å². The summed E-state index contributed by atoms with van der Waals surface area (Å²) in [7, 11) is -3.98. The van der Waals surface area contributed by atoms with E-state index in [1.165, 1.54) is 5.57 Å². The summed E-state index contributed by atoms with van der Waals surface area (Å²) in [4.78, 5) is -0.0936. The van der Waals surface area contributed by atoms with Gasteiger partial charge in [0.15, 0.2) is 0 Å². The van der Waals surface area contributed by atoms with Gasteiger partial charge in [-0.25, -0.2) is 13.1 Å². The normalized spacial score (nSPS) is 16.8. The molecule has 5 nitrogen and oxygen atoms in total. The van der Waals surface area contributed by atoms with Crippen LogP contribution < -0.4 is 4.72 Å². The van der Waals surface area contributed by atoms with Gasteiger partial charge in [-0.2, -0.15) is 0 Å². The highest BCUT2D eigenvalue weighted by atomic mass is 32.2. The molecule has 0 saturated heterocycles. The molecule has 0 aromatic heterocycles. The summed E-state index contributed by atoms with van der Waals surface area (Å²) in [5, 5.41) is 21.9. The van der Waals surface area contributed by atoms with Crippen molar-refractivity contribution in [2.24, 2.45) is 0 Å². The lowest BCUT2D eigenvalue weighted by atomic mass is 9.84. The van der Waals surface area contributed by atoms with Crippen LogP contribution in [0.5, 0.6) is 11.5 Å². The van der Waals surface area contributed by atoms with E-state index in [9.17, 15) is 18.6 Å². The van der Waals surface area contributed by atoms with Crippen molar-refractivity contribution in [3.8, 4) is 11.5 Å². The first-order chi connectivity index (χ1) is 14.8. The molecule has 31 heavy (non-hydrogen) atoms. The van der Waals surface area contributed by atoms with Crippen molar-refractivity contribution >= 4 is 10.0 Å². The van der Waals surface area contributed by atoms with Crippen LogP contribution >= 0.6 is 0 Å². The molecule has 0 spiro atoms. The van der Waals surface area contributed by atoms with Crippen molar-refractivity contribution < 1.29 is 18.6 Å². The molecule has 6 heteroatoms. The van der Waals surface area contributed by atoms with Crippen molar-refractivity contribution in [1.29, 1.82) is 0 Å². The van der Waals surface area contributed by atoms with Crippen LogP contribution in [0.2, 0.25) is 0 Å². The van der Waals surface area contributed by atoms with Crippen LogP contribution in [0, 0.1) is 0 Å². The second-order valence-electron chi connectivity index (χ2n) is 8.43. The van der Waals surface area contributed by atoms with E-state index in [-0.39, 0.29) is 28.9 Å². The minimum atomic E-state index is -3.98. The van der Waals surface area contributed by atoms with Crippen molar-refractivity contribution in [2.75, 3.05) is 0 Å². The van der Waals surface area contributed by atoms with E-state index in [0.29, 0.717) is 17.5 Å². The highest BCUT2D eigenvalue weighted by Gasteiger charge is 2.30. The molecule has 0 saturated carbocycles. The van der Waals surface area contributed by atoms with E-state index < -0.39 is 10.0 Å². The van der Waals surface area contributed by atoms with Crippen LogP contribution in [0.4, 0.5) is 0 Å². The summed E-state index contributed by atoms with van der Waals surface area (Å²) in [5.74, 6) is -0.536. The number of benzene rings is 2. The Kier molecular flexibility index (Phi) is 7.79. The monoisotopic (exact) mass is 443 g/mol. The van der Waals surface area contributed by atoms with Gasteiger partial charge in [0.25, 0.3) is 0 Å². The molecule has 0 aliphatic heterocycles. The summed E-state index contributed by atoms with van der Waals surface area (Å²) >= 11 is 0. The maximum Gasteiger partial charge on any atom is 0.244 e. The maximum absolute atomic E-state index is 13.3. The van der Waals surface area contributed by atoms with Crippen molar-refractivity contribution in [2.45, 2.75) is 76.2 Å². The van der Waals surface area contributed by atoms with Crippen LogP contribution in [-0.4, -0.2) is 18.6 Å². The van der Waals surface area contributed by atoms with Crippen LogP contribution in [0.3, 0.4) is 0 Å². The number of phenolic OH excluding ortho intramolecular Hbond substituents is 2. The summed E-state index contributed by atoms with van der Waals surface area (Å²) in [5.41, 5.74) is 2.80. The van der Waals surface area contributed by atoms with Gasteiger partial charge in [-0.1, -0.05) is 61.7 Å². The largest absolute Gasteiger partial charge is 0.507 e. The van der Waals surface area contributed by atoms with E-state index in [0.717, 1.165) is 44.1 Å². The minimum Gasteiger partial charge on any atom is -0.507 e. The summed E-state index contributed by atoms with van der Waals surface area (Å²) in [6.45, 7) is 4.24. The number of rotatable bonds is 9. The molecular weight excluding hydrogens is 410 g/mol. The average Bonchev–Trinajstić information content (AvgIpc) is 2.73. The fourth-order valence-corrected chi connectivity index (χ4v) is 5.68. The van der Waals surface area contributed by atoms with Crippen LogP contribution in [0.1, 0.15) is 75.0 Å². The van der Waals surface area contributed by atoms with Gasteiger partial charge >= 0.3 is 0 Å². The average molecular weight is 444 g/mol. The molecule has 0 bridgehead atoms. The molecule has 1 atom stereocenters. The van der Waals surface area contributed by atoms with Crippen molar-refractivity contribution in [3.05, 3.63) is 64.7 Å². The Bertz CT molecular complexity index is 1030. The molecule has 3 rings (SSSR count). The fourth-order valence-electron chi connectivity index (χ4n) is 4.31. The Morgan fingerprint density at radius 1 is 1.13 bits per heavy atom. The predicted molar refractivity (Wildman–Crippen MR) is 124 cm³/mol. The molecule has 1 aliphatic rings. The predicted octanol–water partition coefficient (Wildman–Crippen LogP) is 5.52. The third-order valence-electron chi connectivity index (χ3n) is 5.92. The highest BCUT2D eigenvalue weighted by Crippen LogP contribution is 2.45. The number of phenols is 2. The Morgan fingerprint density at radius 3 is 2.55 bits per heavy atom. The van der Waals surface area contributed by atoms with Gasteiger partial charge in [0.1, 0.15) is 16.4 Å². The Balaban J connectivity index is 2.03. The van der Waals surface area contributed by atoms with Crippen molar-refractivity contribution in [1.82, 2.24) is 4.72 Å². The first-order valence-electron chi connectivity index (χ1n) is 11.1. The quantitative estimate of drug-likeness (QED) is 0.352. The number of hydrogen-bond donors (Lipinski definition) is 3. The first kappa shape index (κ1) is 23.4. The van der Waals surface area contributed by atoms with Crippen LogP contribution in [-0.2, 0) is 23.0 Å². The molecule has 3 N–H and O–H groups in total.